The second-order valence-corrected chi connectivity index (χ2v) is 5.75. The molecule has 4 nitrogen and oxygen atoms in total. The summed E-state index contributed by atoms with van der Waals surface area (Å²) in [4.78, 5) is 11.3. The van der Waals surface area contributed by atoms with E-state index in [1.54, 1.807) is 0 Å². The number of hydrogen-bond donors (Lipinski definition) is 0. The molecule has 2 rings (SSSR count). The van der Waals surface area contributed by atoms with Crippen molar-refractivity contribution < 1.29 is 19.0 Å². The lowest BCUT2D eigenvalue weighted by Crippen LogP contribution is -2.18. The second kappa shape index (κ2) is 9.96. The van der Waals surface area contributed by atoms with Crippen molar-refractivity contribution in [1.82, 2.24) is 0 Å². The number of ether oxygens (including phenoxy) is 3. The number of rotatable bonds is 9. The Hall–Kier alpha value is -2.04. The molecule has 0 spiro atoms. The van der Waals surface area contributed by atoms with Gasteiger partial charge in [0.1, 0.15) is 17.7 Å². The highest BCUT2D eigenvalue weighted by molar-refractivity contribution is 6.30. The van der Waals surface area contributed by atoms with E-state index in [0.29, 0.717) is 26.2 Å². The zero-order chi connectivity index (χ0) is 17.2. The summed E-state index contributed by atoms with van der Waals surface area (Å²) in [5, 5.41) is -0.673. The Morgan fingerprint density at radius 1 is 1.00 bits per heavy atom. The first-order chi connectivity index (χ1) is 11.7. The lowest BCUT2D eigenvalue weighted by molar-refractivity contribution is -0.140. The van der Waals surface area contributed by atoms with Crippen molar-refractivity contribution in [2.24, 2.45) is 0 Å². The summed E-state index contributed by atoms with van der Waals surface area (Å²) in [7, 11) is 1.33. The first kappa shape index (κ1) is 18.3. The molecule has 0 aliphatic heterocycles. The summed E-state index contributed by atoms with van der Waals surface area (Å²) >= 11 is 5.95. The minimum Gasteiger partial charge on any atom is -0.491 e. The van der Waals surface area contributed by atoms with Gasteiger partial charge in [-0.1, -0.05) is 42.5 Å². The first-order valence-electron chi connectivity index (χ1n) is 7.74. The van der Waals surface area contributed by atoms with E-state index in [9.17, 15) is 4.79 Å². The van der Waals surface area contributed by atoms with E-state index in [1.807, 2.05) is 54.6 Å². The van der Waals surface area contributed by atoms with Gasteiger partial charge in [-0.2, -0.15) is 0 Å². The summed E-state index contributed by atoms with van der Waals surface area (Å²) < 4.78 is 15.8. The highest BCUT2D eigenvalue weighted by Gasteiger charge is 2.15. The van der Waals surface area contributed by atoms with E-state index in [4.69, 9.17) is 21.1 Å². The highest BCUT2D eigenvalue weighted by atomic mass is 35.5. The van der Waals surface area contributed by atoms with E-state index in [2.05, 4.69) is 4.74 Å². The molecule has 0 N–H and O–H groups in total. The zero-order valence-corrected chi connectivity index (χ0v) is 14.4. The van der Waals surface area contributed by atoms with Crippen LogP contribution in [0.1, 0.15) is 11.1 Å². The third-order valence-electron chi connectivity index (χ3n) is 3.40. The van der Waals surface area contributed by atoms with Gasteiger partial charge in [-0.3, -0.25) is 4.79 Å². The van der Waals surface area contributed by atoms with Crippen molar-refractivity contribution in [1.29, 1.82) is 0 Å². The first-order valence-corrected chi connectivity index (χ1v) is 8.18. The molecule has 1 atom stereocenters. The number of benzene rings is 2. The highest BCUT2D eigenvalue weighted by Crippen LogP contribution is 2.15. The van der Waals surface area contributed by atoms with E-state index in [1.165, 1.54) is 7.11 Å². The third kappa shape index (κ3) is 6.22. The minimum absolute atomic E-state index is 0.424. The molecular weight excluding hydrogens is 328 g/mol. The van der Waals surface area contributed by atoms with Crippen LogP contribution in [0.2, 0.25) is 0 Å². The molecule has 24 heavy (non-hydrogen) atoms. The molecule has 128 valence electrons. The van der Waals surface area contributed by atoms with Crippen LogP contribution in [-0.2, 0) is 27.3 Å². The van der Waals surface area contributed by atoms with Crippen LogP contribution in [0.25, 0.3) is 0 Å². The van der Waals surface area contributed by atoms with Gasteiger partial charge in [0.15, 0.2) is 0 Å². The number of carbonyl (C=O) groups is 1. The Labute approximate surface area is 147 Å². The number of carbonyl (C=O) groups excluding carboxylic acids is 1. The fraction of sp³-hybridized carbons (Fsp3) is 0.316. The topological polar surface area (TPSA) is 44.8 Å². The Balaban J connectivity index is 1.67. The molecule has 2 aromatic carbocycles. The van der Waals surface area contributed by atoms with Crippen molar-refractivity contribution in [2.45, 2.75) is 18.4 Å². The molecule has 0 heterocycles. The molecular formula is C19H21ClO4. The summed E-state index contributed by atoms with van der Waals surface area (Å²) in [5.74, 6) is 0.332. The van der Waals surface area contributed by atoms with Crippen LogP contribution in [-0.4, -0.2) is 31.7 Å². The van der Waals surface area contributed by atoms with Crippen LogP contribution >= 0.6 is 11.6 Å². The number of halogens is 1. The third-order valence-corrected chi connectivity index (χ3v) is 3.74. The maximum Gasteiger partial charge on any atom is 0.324 e. The number of methoxy groups -OCH3 is 1. The molecule has 5 heteroatoms. The summed E-state index contributed by atoms with van der Waals surface area (Å²) in [6.07, 6.45) is 0.425. The monoisotopic (exact) mass is 348 g/mol. The average molecular weight is 349 g/mol. The maximum absolute atomic E-state index is 11.3. The number of hydrogen-bond acceptors (Lipinski definition) is 4. The van der Waals surface area contributed by atoms with Gasteiger partial charge in [-0.15, -0.1) is 11.6 Å². The molecule has 0 aliphatic rings. The lowest BCUT2D eigenvalue weighted by Gasteiger charge is -2.09. The lowest BCUT2D eigenvalue weighted by atomic mass is 10.1. The second-order valence-electron chi connectivity index (χ2n) is 5.23. The summed E-state index contributed by atoms with van der Waals surface area (Å²) in [6, 6.07) is 17.5. The standard InChI is InChI=1S/C19H21ClO4/c1-22-19(21)18(20)13-15-7-9-17(10-8-15)24-12-11-23-14-16-5-3-2-4-6-16/h2-10,18H,11-14H2,1H3/t18-/m1/s1. The number of alkyl halides is 1. The number of esters is 1. The Morgan fingerprint density at radius 3 is 2.38 bits per heavy atom. The Bertz CT molecular complexity index is 613. The van der Waals surface area contributed by atoms with Crippen molar-refractivity contribution in [3.63, 3.8) is 0 Å². The largest absolute Gasteiger partial charge is 0.491 e. The van der Waals surface area contributed by atoms with Crippen LogP contribution in [0.4, 0.5) is 0 Å². The van der Waals surface area contributed by atoms with Crippen LogP contribution in [0.15, 0.2) is 54.6 Å². The van der Waals surface area contributed by atoms with Crippen LogP contribution in [0, 0.1) is 0 Å². The molecule has 0 fully saturated rings. The van der Waals surface area contributed by atoms with Gasteiger partial charge in [-0.25, -0.2) is 0 Å². The SMILES string of the molecule is COC(=O)[C@H](Cl)Cc1ccc(OCCOCc2ccccc2)cc1. The van der Waals surface area contributed by atoms with Crippen molar-refractivity contribution in [2.75, 3.05) is 20.3 Å². The molecule has 0 saturated carbocycles. The predicted octanol–water partition coefficient (Wildman–Crippen LogP) is 3.61. The van der Waals surface area contributed by atoms with Gasteiger partial charge in [0, 0.05) is 0 Å². The van der Waals surface area contributed by atoms with Gasteiger partial charge in [0.05, 0.1) is 20.3 Å². The van der Waals surface area contributed by atoms with Crippen LogP contribution in [0.3, 0.4) is 0 Å². The predicted molar refractivity (Wildman–Crippen MR) is 93.4 cm³/mol. The smallest absolute Gasteiger partial charge is 0.324 e. The van der Waals surface area contributed by atoms with Gasteiger partial charge in [-0.05, 0) is 29.7 Å². The molecule has 0 aromatic heterocycles. The van der Waals surface area contributed by atoms with Crippen molar-refractivity contribution in [3.05, 3.63) is 65.7 Å². The van der Waals surface area contributed by atoms with E-state index < -0.39 is 11.3 Å². The quantitative estimate of drug-likeness (QED) is 0.394. The minimum atomic E-state index is -0.673. The van der Waals surface area contributed by atoms with Crippen molar-refractivity contribution in [3.8, 4) is 5.75 Å². The molecule has 0 radical (unpaired) electrons. The fourth-order valence-corrected chi connectivity index (χ4v) is 2.39. The molecule has 0 bridgehead atoms. The van der Waals surface area contributed by atoms with Crippen LogP contribution < -0.4 is 4.74 Å². The molecule has 0 unspecified atom stereocenters. The van der Waals surface area contributed by atoms with Gasteiger partial charge >= 0.3 is 5.97 Å². The molecule has 2 aromatic rings. The zero-order valence-electron chi connectivity index (χ0n) is 13.6. The van der Waals surface area contributed by atoms with Crippen molar-refractivity contribution >= 4 is 17.6 Å². The normalized spacial score (nSPS) is 11.8. The van der Waals surface area contributed by atoms with Crippen LogP contribution in [0.5, 0.6) is 5.75 Å². The van der Waals surface area contributed by atoms with Gasteiger partial charge in [0.25, 0.3) is 0 Å². The Kier molecular flexibility index (Phi) is 7.59. The molecule has 0 aliphatic carbocycles. The maximum atomic E-state index is 11.3. The fourth-order valence-electron chi connectivity index (χ4n) is 2.12. The van der Waals surface area contributed by atoms with Gasteiger partial charge in [0.2, 0.25) is 0 Å². The van der Waals surface area contributed by atoms with E-state index >= 15 is 0 Å². The van der Waals surface area contributed by atoms with Gasteiger partial charge < -0.3 is 14.2 Å². The molecule has 0 saturated heterocycles. The van der Waals surface area contributed by atoms with E-state index in [0.717, 1.165) is 16.9 Å². The average Bonchev–Trinajstić information content (AvgIpc) is 2.63. The molecule has 0 amide bonds. The Morgan fingerprint density at radius 2 is 1.71 bits per heavy atom. The van der Waals surface area contributed by atoms with E-state index in [-0.39, 0.29) is 0 Å². The summed E-state index contributed by atoms with van der Waals surface area (Å²) in [5.41, 5.74) is 2.09. The summed E-state index contributed by atoms with van der Waals surface area (Å²) in [6.45, 7) is 1.57.